The molecule has 6 heteroatoms. The van der Waals surface area contributed by atoms with Crippen molar-refractivity contribution in [2.45, 2.75) is 19.4 Å². The number of hydrogen-bond donors (Lipinski definition) is 0. The van der Waals surface area contributed by atoms with Crippen molar-refractivity contribution >= 4 is 11.9 Å². The topological polar surface area (TPSA) is 43.4 Å². The SMILES string of the molecule is COC(=O)[C@H](Cc1ccccc1)[N+](F)(F)C(C)=O. The van der Waals surface area contributed by atoms with Crippen molar-refractivity contribution < 1.29 is 28.2 Å². The maximum atomic E-state index is 13.6. The molecule has 0 saturated heterocycles. The van der Waals surface area contributed by atoms with Crippen LogP contribution in [0.5, 0.6) is 0 Å². The van der Waals surface area contributed by atoms with Crippen molar-refractivity contribution in [1.82, 2.24) is 0 Å². The van der Waals surface area contributed by atoms with Crippen molar-refractivity contribution in [3.8, 4) is 0 Å². The van der Waals surface area contributed by atoms with Crippen LogP contribution in [0.3, 0.4) is 0 Å². The van der Waals surface area contributed by atoms with E-state index in [1.165, 1.54) is 0 Å². The van der Waals surface area contributed by atoms with Gasteiger partial charge in [0.1, 0.15) is 4.93 Å². The van der Waals surface area contributed by atoms with Gasteiger partial charge in [-0.2, -0.15) is 0 Å². The molecule has 1 atom stereocenters. The van der Waals surface area contributed by atoms with E-state index in [9.17, 15) is 18.6 Å². The molecule has 0 heterocycles. The van der Waals surface area contributed by atoms with Crippen LogP contribution in [0.4, 0.5) is 8.96 Å². The van der Waals surface area contributed by atoms with Gasteiger partial charge in [-0.15, -0.1) is 0 Å². The van der Waals surface area contributed by atoms with Crippen molar-refractivity contribution in [2.24, 2.45) is 0 Å². The van der Waals surface area contributed by atoms with E-state index < -0.39 is 22.8 Å². The van der Waals surface area contributed by atoms with E-state index in [1.54, 1.807) is 30.3 Å². The summed E-state index contributed by atoms with van der Waals surface area (Å²) in [5.74, 6) is -2.51. The van der Waals surface area contributed by atoms with Gasteiger partial charge in [0.05, 0.1) is 23.0 Å². The lowest BCUT2D eigenvalue weighted by molar-refractivity contribution is -1.12. The van der Waals surface area contributed by atoms with Crippen molar-refractivity contribution in [2.75, 3.05) is 7.11 Å². The molecular weight excluding hydrogens is 244 g/mol. The Morgan fingerprint density at radius 1 is 1.28 bits per heavy atom. The summed E-state index contributed by atoms with van der Waals surface area (Å²) in [4.78, 5) is 19.3. The van der Waals surface area contributed by atoms with Crippen LogP contribution < -0.4 is 0 Å². The summed E-state index contributed by atoms with van der Waals surface area (Å²) in [6, 6.07) is 6.43. The number of hydrogen-bond acceptors (Lipinski definition) is 3. The molecule has 18 heavy (non-hydrogen) atoms. The predicted molar refractivity (Wildman–Crippen MR) is 59.1 cm³/mol. The lowest BCUT2D eigenvalue weighted by Gasteiger charge is -2.18. The molecule has 0 radical (unpaired) electrons. The molecule has 0 N–H and O–H groups in total. The Labute approximate surface area is 103 Å². The maximum Gasteiger partial charge on any atom is 0.388 e. The third-order valence-corrected chi connectivity index (χ3v) is 2.56. The zero-order chi connectivity index (χ0) is 13.8. The quantitative estimate of drug-likeness (QED) is 0.612. The van der Waals surface area contributed by atoms with Crippen LogP contribution in [0.1, 0.15) is 12.5 Å². The summed E-state index contributed by atoms with van der Waals surface area (Å²) in [7, 11) is 1.01. The molecule has 1 aromatic rings. The van der Waals surface area contributed by atoms with Gasteiger partial charge in [-0.25, -0.2) is 9.59 Å². The number of carbonyl (C=O) groups is 2. The van der Waals surface area contributed by atoms with Crippen LogP contribution in [0.25, 0.3) is 0 Å². The summed E-state index contributed by atoms with van der Waals surface area (Å²) in [6.45, 7) is 0.737. The van der Waals surface area contributed by atoms with Crippen molar-refractivity contribution in [3.63, 3.8) is 0 Å². The predicted octanol–water partition coefficient (Wildman–Crippen LogP) is 1.90. The fourth-order valence-corrected chi connectivity index (χ4v) is 1.52. The first kappa shape index (κ1) is 14.2. The van der Waals surface area contributed by atoms with E-state index in [-0.39, 0.29) is 6.42 Å². The number of quaternary nitrogens is 1. The number of amides is 1. The standard InChI is InChI=1S/C12H14F2NO3/c1-9(16)15(13,14)11(12(17)18-2)8-10-6-4-3-5-7-10/h3-7,11H,8H2,1-2H3/q+1/t11-/m0/s1. The summed E-state index contributed by atoms with van der Waals surface area (Å²) in [5, 5.41) is 0. The van der Waals surface area contributed by atoms with Crippen LogP contribution in [-0.4, -0.2) is 30.0 Å². The highest BCUT2D eigenvalue weighted by molar-refractivity contribution is 5.77. The minimum Gasteiger partial charge on any atom is -0.464 e. The molecule has 1 aromatic carbocycles. The lowest BCUT2D eigenvalue weighted by atomic mass is 10.1. The third-order valence-electron chi connectivity index (χ3n) is 2.56. The molecule has 0 spiro atoms. The highest BCUT2D eigenvalue weighted by Gasteiger charge is 2.52. The van der Waals surface area contributed by atoms with Gasteiger partial charge in [0.25, 0.3) is 6.04 Å². The van der Waals surface area contributed by atoms with Gasteiger partial charge in [0.2, 0.25) is 0 Å². The molecule has 1 amide bonds. The molecule has 0 aliphatic rings. The summed E-state index contributed by atoms with van der Waals surface area (Å²) in [5.41, 5.74) is 0.534. The highest BCUT2D eigenvalue weighted by atomic mass is 19.4. The number of nitrogens with zero attached hydrogens (tertiary/aromatic N) is 1. The Balaban J connectivity index is 3.00. The number of halogens is 2. The summed E-state index contributed by atoms with van der Waals surface area (Å²) in [6.07, 6.45) is -0.264. The normalized spacial score (nSPS) is 12.9. The first-order valence-electron chi connectivity index (χ1n) is 5.30. The molecule has 0 saturated carbocycles. The molecule has 1 rings (SSSR count). The van der Waals surface area contributed by atoms with E-state index in [1.807, 2.05) is 0 Å². The summed E-state index contributed by atoms with van der Waals surface area (Å²) >= 11 is 0. The van der Waals surface area contributed by atoms with Crippen LogP contribution in [0, 0.1) is 0 Å². The van der Waals surface area contributed by atoms with E-state index >= 15 is 0 Å². The van der Waals surface area contributed by atoms with Crippen LogP contribution >= 0.6 is 0 Å². The van der Waals surface area contributed by atoms with E-state index in [4.69, 9.17) is 0 Å². The summed E-state index contributed by atoms with van der Waals surface area (Å²) < 4.78 is 31.6. The zero-order valence-electron chi connectivity index (χ0n) is 10.1. The van der Waals surface area contributed by atoms with Gasteiger partial charge >= 0.3 is 11.9 Å². The molecular formula is C12H14F2NO3+. The first-order valence-corrected chi connectivity index (χ1v) is 5.30. The van der Waals surface area contributed by atoms with Crippen molar-refractivity contribution in [1.29, 1.82) is 0 Å². The Bertz CT molecular complexity index is 434. The van der Waals surface area contributed by atoms with Crippen LogP contribution in [-0.2, 0) is 20.7 Å². The molecule has 98 valence electrons. The molecule has 0 aromatic heterocycles. The largest absolute Gasteiger partial charge is 0.464 e. The second-order valence-corrected chi connectivity index (χ2v) is 3.80. The number of carbonyl (C=O) groups excluding carboxylic acids is 2. The fraction of sp³-hybridized carbons (Fsp3) is 0.333. The smallest absolute Gasteiger partial charge is 0.388 e. The molecule has 0 aliphatic heterocycles. The van der Waals surface area contributed by atoms with Gasteiger partial charge in [0, 0.05) is 6.42 Å². The number of benzene rings is 1. The first-order chi connectivity index (χ1) is 8.39. The minimum atomic E-state index is -3.01. The molecule has 0 fully saturated rings. The second kappa shape index (κ2) is 5.68. The Morgan fingerprint density at radius 2 is 1.83 bits per heavy atom. The number of esters is 1. The van der Waals surface area contributed by atoms with Gasteiger partial charge in [-0.3, -0.25) is 0 Å². The van der Waals surface area contributed by atoms with E-state index in [0.717, 1.165) is 14.0 Å². The van der Waals surface area contributed by atoms with Gasteiger partial charge in [0.15, 0.2) is 0 Å². The highest BCUT2D eigenvalue weighted by Crippen LogP contribution is 2.22. The van der Waals surface area contributed by atoms with Crippen LogP contribution in [0.15, 0.2) is 30.3 Å². The molecule has 4 nitrogen and oxygen atoms in total. The second-order valence-electron chi connectivity index (χ2n) is 3.80. The van der Waals surface area contributed by atoms with Gasteiger partial charge in [-0.05, 0) is 5.56 Å². The monoisotopic (exact) mass is 258 g/mol. The van der Waals surface area contributed by atoms with E-state index in [0.29, 0.717) is 5.56 Å². The third kappa shape index (κ3) is 3.10. The lowest BCUT2D eigenvalue weighted by Crippen LogP contribution is -2.51. The Morgan fingerprint density at radius 3 is 2.28 bits per heavy atom. The average Bonchev–Trinajstić information content (AvgIpc) is 2.36. The number of ether oxygens (including phenoxy) is 1. The van der Waals surface area contributed by atoms with Crippen LogP contribution in [0.2, 0.25) is 0 Å². The van der Waals surface area contributed by atoms with Crippen molar-refractivity contribution in [3.05, 3.63) is 35.9 Å². The Kier molecular flexibility index (Phi) is 4.49. The Hall–Kier alpha value is -1.82. The molecule has 0 bridgehead atoms. The van der Waals surface area contributed by atoms with E-state index in [2.05, 4.69) is 4.74 Å². The average molecular weight is 258 g/mol. The van der Waals surface area contributed by atoms with Gasteiger partial charge in [-0.1, -0.05) is 30.3 Å². The maximum absolute atomic E-state index is 13.6. The molecule has 0 unspecified atom stereocenters. The van der Waals surface area contributed by atoms with Gasteiger partial charge < -0.3 is 4.74 Å². The fourth-order valence-electron chi connectivity index (χ4n) is 1.52. The zero-order valence-corrected chi connectivity index (χ0v) is 10.1. The minimum absolute atomic E-state index is 0.264. The molecule has 0 aliphatic carbocycles. The number of rotatable bonds is 4. The number of methoxy groups -OCH3 is 1.